The van der Waals surface area contributed by atoms with Gasteiger partial charge in [0.15, 0.2) is 0 Å². The number of nitrogens with two attached hydrogens (primary N) is 1. The second-order valence-corrected chi connectivity index (χ2v) is 6.64. The van der Waals surface area contributed by atoms with E-state index in [4.69, 9.17) is 18.0 Å². The summed E-state index contributed by atoms with van der Waals surface area (Å²) in [5, 5.41) is 6.24. The van der Waals surface area contributed by atoms with E-state index in [1.54, 1.807) is 12.1 Å². The van der Waals surface area contributed by atoms with Crippen LogP contribution in [0.25, 0.3) is 0 Å². The Morgan fingerprint density at radius 2 is 2.19 bits per heavy atom. The summed E-state index contributed by atoms with van der Waals surface area (Å²) in [4.78, 5) is 0.0622. The van der Waals surface area contributed by atoms with Crippen LogP contribution in [0.2, 0.25) is 0 Å². The molecule has 0 saturated heterocycles. The summed E-state index contributed by atoms with van der Waals surface area (Å²) < 4.78 is 35.4. The van der Waals surface area contributed by atoms with E-state index in [9.17, 15) is 8.42 Å². The minimum atomic E-state index is -3.87. The van der Waals surface area contributed by atoms with Gasteiger partial charge >= 0.3 is 0 Å². The van der Waals surface area contributed by atoms with Crippen molar-refractivity contribution >= 4 is 55.8 Å². The number of nitrogens with zero attached hydrogens (tertiary/aromatic N) is 3. The molecular weight excluding hydrogens is 332 g/mol. The van der Waals surface area contributed by atoms with Crippen molar-refractivity contribution in [2.45, 2.75) is 4.90 Å². The van der Waals surface area contributed by atoms with Gasteiger partial charge in [-0.3, -0.25) is 9.82 Å². The van der Waals surface area contributed by atoms with Gasteiger partial charge in [0.25, 0.3) is 10.0 Å². The molecule has 0 aliphatic carbocycles. The molecule has 1 aromatic carbocycles. The quantitative estimate of drug-likeness (QED) is 0.622. The minimum absolute atomic E-state index is 0.0252. The Bertz CT molecular complexity index is 911. The zero-order valence-electron chi connectivity index (χ0n) is 10.3. The summed E-state index contributed by atoms with van der Waals surface area (Å²) in [6, 6.07) is 4.73. The van der Waals surface area contributed by atoms with Gasteiger partial charge in [0.2, 0.25) is 0 Å². The van der Waals surface area contributed by atoms with Gasteiger partial charge in [0, 0.05) is 0 Å². The number of rotatable bonds is 4. The first-order valence-corrected chi connectivity index (χ1v) is 8.18. The number of aromatic nitrogens is 2. The molecule has 0 fully saturated rings. The summed E-state index contributed by atoms with van der Waals surface area (Å²) in [7, 11) is -3.87. The molecule has 0 bridgehead atoms. The van der Waals surface area contributed by atoms with Gasteiger partial charge in [-0.15, -0.1) is 0 Å². The van der Waals surface area contributed by atoms with Crippen LogP contribution in [0.15, 0.2) is 38.0 Å². The van der Waals surface area contributed by atoms with Crippen molar-refractivity contribution in [1.82, 2.24) is 10.2 Å². The summed E-state index contributed by atoms with van der Waals surface area (Å²) in [5.41, 5.74) is 6.65. The van der Waals surface area contributed by atoms with Gasteiger partial charge < -0.3 is 5.73 Å². The van der Waals surface area contributed by atoms with E-state index >= 15 is 0 Å². The normalized spacial score (nSPS) is 12.8. The third-order valence-electron chi connectivity index (χ3n) is 2.68. The van der Waals surface area contributed by atoms with Crippen molar-refractivity contribution in [2.24, 2.45) is 14.5 Å². The molecule has 3 rings (SSSR count). The number of H-pyrrole nitrogens is 1. The number of anilines is 1. The lowest BCUT2D eigenvalue weighted by Crippen LogP contribution is -2.17. The molecule has 11 heteroatoms. The van der Waals surface area contributed by atoms with Crippen molar-refractivity contribution < 1.29 is 8.42 Å². The van der Waals surface area contributed by atoms with Crippen molar-refractivity contribution in [1.29, 1.82) is 0 Å². The molecule has 1 aliphatic heterocycles. The molecule has 0 spiro atoms. The molecule has 0 amide bonds. The topological polar surface area (TPSA) is 126 Å². The van der Waals surface area contributed by atoms with Crippen LogP contribution in [0.3, 0.4) is 0 Å². The maximum Gasteiger partial charge on any atom is 0.265 e. The van der Waals surface area contributed by atoms with Gasteiger partial charge in [-0.2, -0.15) is 13.8 Å². The Morgan fingerprint density at radius 3 is 2.95 bits per heavy atom. The second kappa shape index (κ2) is 5.02. The van der Waals surface area contributed by atoms with E-state index < -0.39 is 10.0 Å². The highest BCUT2D eigenvalue weighted by Gasteiger charge is 2.24. The highest BCUT2D eigenvalue weighted by molar-refractivity contribution is 7.93. The van der Waals surface area contributed by atoms with E-state index in [1.165, 1.54) is 12.3 Å². The highest BCUT2D eigenvalue weighted by Crippen LogP contribution is 2.37. The molecule has 108 valence electrons. The van der Waals surface area contributed by atoms with E-state index in [1.807, 2.05) is 0 Å². The van der Waals surface area contributed by atoms with Crippen LogP contribution in [0.5, 0.6) is 0 Å². The van der Waals surface area contributed by atoms with Crippen LogP contribution in [0, 0.1) is 0 Å². The smallest absolute Gasteiger partial charge is 0.265 e. The molecule has 8 nitrogen and oxygen atoms in total. The molecule has 0 atom stereocenters. The van der Waals surface area contributed by atoms with Gasteiger partial charge in [-0.25, -0.2) is 8.42 Å². The lowest BCUT2D eigenvalue weighted by atomic mass is 10.3. The number of aromatic amines is 1. The second-order valence-electron chi connectivity index (χ2n) is 4.02. The molecule has 1 aliphatic rings. The number of hydrogen-bond donors (Lipinski definition) is 3. The lowest BCUT2D eigenvalue weighted by molar-refractivity contribution is 0.601. The van der Waals surface area contributed by atoms with Crippen molar-refractivity contribution in [3.63, 3.8) is 0 Å². The maximum atomic E-state index is 12.5. The Hall–Kier alpha value is -2.11. The Kier molecular flexibility index (Phi) is 3.31. The zero-order valence-corrected chi connectivity index (χ0v) is 12.7. The molecule has 0 saturated carbocycles. The van der Waals surface area contributed by atoms with Gasteiger partial charge in [-0.05, 0) is 12.1 Å². The fraction of sp³-hybridized carbons (Fsp3) is 0. The first-order chi connectivity index (χ1) is 9.99. The molecule has 2 heterocycles. The summed E-state index contributed by atoms with van der Waals surface area (Å²) >= 11 is 5.78. The largest absolute Gasteiger partial charge is 0.389 e. The van der Waals surface area contributed by atoms with Gasteiger partial charge in [0.05, 0.1) is 23.1 Å². The number of thiocarbonyl (C=S) groups is 1. The predicted octanol–water partition coefficient (Wildman–Crippen LogP) is 1.57. The van der Waals surface area contributed by atoms with Crippen LogP contribution in [-0.4, -0.2) is 23.6 Å². The third-order valence-corrected chi connectivity index (χ3v) is 4.82. The maximum absolute atomic E-state index is 12.5. The fourth-order valence-corrected chi connectivity index (χ4v) is 3.70. The standard InChI is InChI=1S/C10H8N6O2S3/c11-9(19)5-4-12-13-10(5)16-21(17,18)7-3-1-2-6-8(7)15-20-14-6/h1-4H,(H2,11,19)(H2,12,13,16). The van der Waals surface area contributed by atoms with Crippen LogP contribution < -0.4 is 10.5 Å². The SMILES string of the molecule is NC(=S)c1cn[nH]c1NS(=O)(=O)c1cccc2c1N=S=N2. The molecule has 21 heavy (non-hydrogen) atoms. The van der Waals surface area contributed by atoms with Crippen LogP contribution >= 0.6 is 12.2 Å². The van der Waals surface area contributed by atoms with E-state index in [0.29, 0.717) is 16.9 Å². The molecular formula is C10H8N6O2S3. The Labute approximate surface area is 128 Å². The van der Waals surface area contributed by atoms with Crippen LogP contribution in [0.4, 0.5) is 17.2 Å². The van der Waals surface area contributed by atoms with Gasteiger partial charge in [-0.1, -0.05) is 18.3 Å². The monoisotopic (exact) mass is 340 g/mol. The number of hydrogen-bond acceptors (Lipinski definition) is 6. The molecule has 4 N–H and O–H groups in total. The van der Waals surface area contributed by atoms with Gasteiger partial charge in [0.1, 0.15) is 27.1 Å². The number of sulfonamides is 1. The predicted molar refractivity (Wildman–Crippen MR) is 83.3 cm³/mol. The molecule has 2 aromatic rings. The average Bonchev–Trinajstić information content (AvgIpc) is 3.05. The minimum Gasteiger partial charge on any atom is -0.389 e. The van der Waals surface area contributed by atoms with Crippen molar-refractivity contribution in [3.8, 4) is 0 Å². The first-order valence-electron chi connectivity index (χ1n) is 5.56. The van der Waals surface area contributed by atoms with Crippen LogP contribution in [-0.2, 0) is 21.4 Å². The summed E-state index contributed by atoms with van der Waals surface area (Å²) in [6.45, 7) is 0. The summed E-state index contributed by atoms with van der Waals surface area (Å²) in [5.74, 6) is 0.114. The molecule has 0 radical (unpaired) electrons. The third kappa shape index (κ3) is 2.46. The average molecular weight is 340 g/mol. The van der Waals surface area contributed by atoms with Crippen molar-refractivity contribution in [2.75, 3.05) is 4.72 Å². The Morgan fingerprint density at radius 1 is 1.38 bits per heavy atom. The van der Waals surface area contributed by atoms with E-state index in [0.717, 1.165) is 11.4 Å². The lowest BCUT2D eigenvalue weighted by Gasteiger charge is -2.09. The first kappa shape index (κ1) is 13.9. The Balaban J connectivity index is 2.03. The molecule has 1 aromatic heterocycles. The number of fused-ring (bicyclic) bond motifs is 1. The van der Waals surface area contributed by atoms with Crippen molar-refractivity contribution in [3.05, 3.63) is 30.0 Å². The molecule has 0 unspecified atom stereocenters. The van der Waals surface area contributed by atoms with E-state index in [2.05, 4.69) is 23.6 Å². The fourth-order valence-electron chi connectivity index (χ4n) is 1.74. The highest BCUT2D eigenvalue weighted by atomic mass is 32.2. The number of nitrogens with one attached hydrogen (secondary N) is 2. The van der Waals surface area contributed by atoms with Crippen LogP contribution in [0.1, 0.15) is 5.56 Å². The van der Waals surface area contributed by atoms with E-state index in [-0.39, 0.29) is 15.7 Å². The summed E-state index contributed by atoms with van der Waals surface area (Å²) in [6.07, 6.45) is 1.35. The number of benzene rings is 1. The zero-order chi connectivity index (χ0) is 15.0.